The molecular weight excluding hydrogens is 328 g/mol. The Balaban J connectivity index is 1.54. The summed E-state index contributed by atoms with van der Waals surface area (Å²) in [5, 5.41) is 15.5. The second-order valence-corrected chi connectivity index (χ2v) is 6.12. The van der Waals surface area contributed by atoms with Crippen molar-refractivity contribution in [1.82, 2.24) is 29.7 Å². The van der Waals surface area contributed by atoms with Crippen molar-refractivity contribution >= 4 is 11.6 Å². The highest BCUT2D eigenvalue weighted by Crippen LogP contribution is 2.15. The van der Waals surface area contributed by atoms with Crippen LogP contribution < -0.4 is 5.32 Å². The molecule has 0 aliphatic carbocycles. The van der Waals surface area contributed by atoms with Crippen LogP contribution in [-0.2, 0) is 6.54 Å². The minimum absolute atomic E-state index is 0.186. The molecule has 3 heterocycles. The van der Waals surface area contributed by atoms with Crippen LogP contribution in [0.2, 0.25) is 0 Å². The van der Waals surface area contributed by atoms with Crippen molar-refractivity contribution in [3.8, 4) is 5.69 Å². The van der Waals surface area contributed by atoms with Crippen LogP contribution in [0.25, 0.3) is 11.3 Å². The Morgan fingerprint density at radius 1 is 1.12 bits per heavy atom. The van der Waals surface area contributed by atoms with Crippen molar-refractivity contribution in [1.29, 1.82) is 0 Å². The number of amides is 1. The summed E-state index contributed by atoms with van der Waals surface area (Å²) < 4.78 is 3.62. The van der Waals surface area contributed by atoms with Gasteiger partial charge in [-0.3, -0.25) is 9.20 Å². The van der Waals surface area contributed by atoms with Crippen LogP contribution in [0.5, 0.6) is 0 Å². The van der Waals surface area contributed by atoms with E-state index in [9.17, 15) is 4.79 Å². The van der Waals surface area contributed by atoms with Crippen LogP contribution in [0, 0.1) is 13.8 Å². The van der Waals surface area contributed by atoms with E-state index in [1.807, 2.05) is 66.9 Å². The van der Waals surface area contributed by atoms with Gasteiger partial charge in [-0.25, -0.2) is 4.68 Å². The van der Waals surface area contributed by atoms with Gasteiger partial charge in [-0.1, -0.05) is 18.2 Å². The molecule has 1 N–H and O–H groups in total. The van der Waals surface area contributed by atoms with Gasteiger partial charge in [-0.15, -0.1) is 10.2 Å². The van der Waals surface area contributed by atoms with Gasteiger partial charge in [0.05, 0.1) is 29.7 Å². The van der Waals surface area contributed by atoms with Gasteiger partial charge in [0, 0.05) is 6.20 Å². The number of nitrogens with one attached hydrogen (secondary N) is 1. The topological polar surface area (TPSA) is 77.1 Å². The molecule has 0 bridgehead atoms. The smallest absolute Gasteiger partial charge is 0.255 e. The van der Waals surface area contributed by atoms with Gasteiger partial charge in [-0.05, 0) is 43.7 Å². The molecule has 130 valence electrons. The quantitative estimate of drug-likeness (QED) is 0.616. The lowest BCUT2D eigenvalue weighted by molar-refractivity contribution is 0.0949. The zero-order chi connectivity index (χ0) is 18.1. The zero-order valence-electron chi connectivity index (χ0n) is 14.5. The molecule has 7 nitrogen and oxygen atoms in total. The lowest BCUT2D eigenvalue weighted by Crippen LogP contribution is -2.24. The van der Waals surface area contributed by atoms with E-state index in [1.54, 1.807) is 10.9 Å². The van der Waals surface area contributed by atoms with E-state index in [2.05, 4.69) is 20.6 Å². The summed E-state index contributed by atoms with van der Waals surface area (Å²) in [4.78, 5) is 12.6. The number of nitrogens with zero attached hydrogens (tertiary/aromatic N) is 5. The number of benzene rings is 1. The van der Waals surface area contributed by atoms with Crippen molar-refractivity contribution in [3.05, 3.63) is 77.5 Å². The number of hydrogen-bond acceptors (Lipinski definition) is 4. The third kappa shape index (κ3) is 2.83. The summed E-state index contributed by atoms with van der Waals surface area (Å²) >= 11 is 0. The monoisotopic (exact) mass is 346 g/mol. The number of carbonyl (C=O) groups excluding carboxylic acids is 1. The van der Waals surface area contributed by atoms with Gasteiger partial charge in [0.15, 0.2) is 11.5 Å². The van der Waals surface area contributed by atoms with Crippen LogP contribution >= 0.6 is 0 Å². The van der Waals surface area contributed by atoms with Crippen LogP contribution in [0.4, 0.5) is 0 Å². The molecule has 26 heavy (non-hydrogen) atoms. The molecule has 4 rings (SSSR count). The minimum Gasteiger partial charge on any atom is -0.345 e. The van der Waals surface area contributed by atoms with E-state index in [0.717, 1.165) is 22.6 Å². The summed E-state index contributed by atoms with van der Waals surface area (Å²) in [5.74, 6) is 0.492. The second kappa shape index (κ2) is 6.44. The highest BCUT2D eigenvalue weighted by molar-refractivity contribution is 5.95. The Kier molecular flexibility index (Phi) is 3.96. The summed E-state index contributed by atoms with van der Waals surface area (Å²) in [6.45, 7) is 4.20. The molecule has 0 radical (unpaired) electrons. The maximum absolute atomic E-state index is 12.6. The number of aryl methyl sites for hydroxylation is 1. The number of pyridine rings is 1. The standard InChI is InChI=1S/C19H18N6O/c1-13-6-5-7-15(10-13)25-14(2)16(11-21-25)19(26)20-12-18-23-22-17-8-3-4-9-24(17)18/h3-11H,12H2,1-2H3,(H,20,26). The fourth-order valence-electron chi connectivity index (χ4n) is 2.92. The van der Waals surface area contributed by atoms with Gasteiger partial charge in [0.1, 0.15) is 0 Å². The Labute approximate surface area is 150 Å². The molecule has 3 aromatic heterocycles. The van der Waals surface area contributed by atoms with Crippen LogP contribution in [0.1, 0.15) is 27.4 Å². The Morgan fingerprint density at radius 2 is 2.00 bits per heavy atom. The number of hydrogen-bond donors (Lipinski definition) is 1. The van der Waals surface area contributed by atoms with E-state index in [-0.39, 0.29) is 5.91 Å². The third-order valence-electron chi connectivity index (χ3n) is 4.29. The molecule has 1 aromatic carbocycles. The predicted octanol–water partition coefficient (Wildman–Crippen LogP) is 2.46. The first-order chi connectivity index (χ1) is 12.6. The van der Waals surface area contributed by atoms with E-state index < -0.39 is 0 Å². The number of rotatable bonds is 4. The third-order valence-corrected chi connectivity index (χ3v) is 4.29. The number of aromatic nitrogens is 5. The van der Waals surface area contributed by atoms with Crippen molar-refractivity contribution < 1.29 is 4.79 Å². The molecule has 7 heteroatoms. The van der Waals surface area contributed by atoms with Crippen molar-refractivity contribution in [2.24, 2.45) is 0 Å². The first-order valence-corrected chi connectivity index (χ1v) is 8.32. The Bertz CT molecular complexity index is 1090. The Morgan fingerprint density at radius 3 is 2.85 bits per heavy atom. The second-order valence-electron chi connectivity index (χ2n) is 6.12. The summed E-state index contributed by atoms with van der Waals surface area (Å²) in [5.41, 5.74) is 4.16. The SMILES string of the molecule is Cc1cccc(-n2ncc(C(=O)NCc3nnc4ccccn34)c2C)c1. The molecule has 0 unspecified atom stereocenters. The van der Waals surface area contributed by atoms with Gasteiger partial charge in [0.25, 0.3) is 5.91 Å². The largest absolute Gasteiger partial charge is 0.345 e. The lowest BCUT2D eigenvalue weighted by Gasteiger charge is -2.07. The van der Waals surface area contributed by atoms with Crippen LogP contribution in [-0.4, -0.2) is 30.3 Å². The normalized spacial score (nSPS) is 11.0. The summed E-state index contributed by atoms with van der Waals surface area (Å²) in [6, 6.07) is 13.7. The van der Waals surface area contributed by atoms with E-state index in [0.29, 0.717) is 17.9 Å². The molecule has 0 aliphatic rings. The van der Waals surface area contributed by atoms with Crippen LogP contribution in [0.3, 0.4) is 0 Å². The summed E-state index contributed by atoms with van der Waals surface area (Å²) in [7, 11) is 0. The molecule has 0 aliphatic heterocycles. The fraction of sp³-hybridized carbons (Fsp3) is 0.158. The molecule has 0 fully saturated rings. The van der Waals surface area contributed by atoms with Gasteiger partial charge < -0.3 is 5.32 Å². The maximum atomic E-state index is 12.6. The molecule has 0 atom stereocenters. The first-order valence-electron chi connectivity index (χ1n) is 8.32. The van der Waals surface area contributed by atoms with Gasteiger partial charge in [0.2, 0.25) is 0 Å². The average molecular weight is 346 g/mol. The highest BCUT2D eigenvalue weighted by Gasteiger charge is 2.16. The van der Waals surface area contributed by atoms with E-state index in [1.165, 1.54) is 0 Å². The van der Waals surface area contributed by atoms with Crippen molar-refractivity contribution in [3.63, 3.8) is 0 Å². The average Bonchev–Trinajstić information content (AvgIpc) is 3.23. The molecular formula is C19H18N6O. The lowest BCUT2D eigenvalue weighted by atomic mass is 10.2. The zero-order valence-corrected chi connectivity index (χ0v) is 14.5. The van der Waals surface area contributed by atoms with Gasteiger partial charge >= 0.3 is 0 Å². The van der Waals surface area contributed by atoms with Crippen molar-refractivity contribution in [2.75, 3.05) is 0 Å². The first kappa shape index (κ1) is 16.0. The number of fused-ring (bicyclic) bond motifs is 1. The number of carbonyl (C=O) groups is 1. The van der Waals surface area contributed by atoms with Gasteiger partial charge in [-0.2, -0.15) is 5.10 Å². The molecule has 4 aromatic rings. The predicted molar refractivity (Wildman–Crippen MR) is 97.2 cm³/mol. The van der Waals surface area contributed by atoms with E-state index >= 15 is 0 Å². The van der Waals surface area contributed by atoms with Crippen molar-refractivity contribution in [2.45, 2.75) is 20.4 Å². The highest BCUT2D eigenvalue weighted by atomic mass is 16.1. The summed E-state index contributed by atoms with van der Waals surface area (Å²) in [6.07, 6.45) is 3.47. The molecule has 0 saturated carbocycles. The molecule has 0 spiro atoms. The molecule has 0 saturated heterocycles. The maximum Gasteiger partial charge on any atom is 0.255 e. The fourth-order valence-corrected chi connectivity index (χ4v) is 2.92. The van der Waals surface area contributed by atoms with E-state index in [4.69, 9.17) is 0 Å². The van der Waals surface area contributed by atoms with Crippen LogP contribution in [0.15, 0.2) is 54.9 Å². The Hall–Kier alpha value is -3.48. The minimum atomic E-state index is -0.186. The molecule has 1 amide bonds.